The van der Waals surface area contributed by atoms with E-state index in [1.165, 1.54) is 16.6 Å². The average Bonchev–Trinajstić information content (AvgIpc) is 2.09. The van der Waals surface area contributed by atoms with Crippen LogP contribution in [0.2, 0.25) is 0 Å². The standard InChI is InChI=1S/C12H20BNO/c1-9-7-10(5-6-11(9)13)8-14-15-12(2,3)4/h5-7,14H,8,13H2,1-4H3. The van der Waals surface area contributed by atoms with E-state index < -0.39 is 0 Å². The molecule has 0 fully saturated rings. The summed E-state index contributed by atoms with van der Waals surface area (Å²) in [5, 5.41) is 0. The van der Waals surface area contributed by atoms with Crippen molar-refractivity contribution in [2.24, 2.45) is 0 Å². The van der Waals surface area contributed by atoms with Crippen molar-refractivity contribution in [3.05, 3.63) is 29.3 Å². The molecule has 0 aromatic heterocycles. The minimum atomic E-state index is -0.139. The molecule has 3 heteroatoms. The van der Waals surface area contributed by atoms with E-state index in [-0.39, 0.29) is 5.60 Å². The van der Waals surface area contributed by atoms with Gasteiger partial charge in [0.05, 0.1) is 5.60 Å². The Labute approximate surface area is 93.4 Å². The van der Waals surface area contributed by atoms with Gasteiger partial charge in [0.25, 0.3) is 0 Å². The van der Waals surface area contributed by atoms with Crippen LogP contribution >= 0.6 is 0 Å². The first-order valence-corrected chi connectivity index (χ1v) is 5.35. The molecule has 0 atom stereocenters. The molecule has 0 aliphatic heterocycles. The Bertz CT molecular complexity index is 331. The van der Waals surface area contributed by atoms with E-state index in [4.69, 9.17) is 4.84 Å². The lowest BCUT2D eigenvalue weighted by Crippen LogP contribution is -2.28. The first kappa shape index (κ1) is 12.3. The Morgan fingerprint density at radius 3 is 2.53 bits per heavy atom. The minimum Gasteiger partial charge on any atom is -0.296 e. The molecule has 1 rings (SSSR count). The summed E-state index contributed by atoms with van der Waals surface area (Å²) in [6.07, 6.45) is 0. The minimum absolute atomic E-state index is 0.139. The van der Waals surface area contributed by atoms with Crippen molar-refractivity contribution < 1.29 is 4.84 Å². The van der Waals surface area contributed by atoms with Crippen molar-refractivity contribution in [2.45, 2.75) is 39.8 Å². The largest absolute Gasteiger partial charge is 0.296 e. The number of rotatable bonds is 3. The molecule has 0 unspecified atom stereocenters. The lowest BCUT2D eigenvalue weighted by molar-refractivity contribution is -0.0757. The van der Waals surface area contributed by atoms with Crippen molar-refractivity contribution in [2.75, 3.05) is 0 Å². The number of nitrogens with one attached hydrogen (secondary N) is 1. The van der Waals surface area contributed by atoms with Gasteiger partial charge in [-0.2, -0.15) is 5.48 Å². The highest BCUT2D eigenvalue weighted by Gasteiger charge is 2.09. The molecule has 0 aliphatic carbocycles. The van der Waals surface area contributed by atoms with E-state index in [0.29, 0.717) is 0 Å². The molecule has 82 valence electrons. The number of hydrogen-bond donors (Lipinski definition) is 1. The van der Waals surface area contributed by atoms with Crippen LogP contribution in [0.15, 0.2) is 18.2 Å². The van der Waals surface area contributed by atoms with E-state index in [2.05, 4.69) is 38.4 Å². The molecule has 15 heavy (non-hydrogen) atoms. The third kappa shape index (κ3) is 4.49. The topological polar surface area (TPSA) is 21.3 Å². The van der Waals surface area contributed by atoms with E-state index in [1.54, 1.807) is 0 Å². The SMILES string of the molecule is Bc1ccc(CNOC(C)(C)C)cc1C. The molecule has 0 bridgehead atoms. The summed E-state index contributed by atoms with van der Waals surface area (Å²) in [7, 11) is 2.12. The molecule has 1 aromatic carbocycles. The summed E-state index contributed by atoms with van der Waals surface area (Å²) in [5.74, 6) is 0. The second-order valence-electron chi connectivity index (χ2n) is 4.95. The summed E-state index contributed by atoms with van der Waals surface area (Å²) < 4.78 is 0. The van der Waals surface area contributed by atoms with Crippen LogP contribution in [0.5, 0.6) is 0 Å². The first-order chi connectivity index (χ1) is 6.88. The van der Waals surface area contributed by atoms with Crippen LogP contribution in [0.3, 0.4) is 0 Å². The highest BCUT2D eigenvalue weighted by atomic mass is 16.7. The van der Waals surface area contributed by atoms with Crippen molar-refractivity contribution in [1.29, 1.82) is 0 Å². The molecule has 0 radical (unpaired) electrons. The van der Waals surface area contributed by atoms with Crippen LogP contribution in [0, 0.1) is 6.92 Å². The lowest BCUT2D eigenvalue weighted by atomic mass is 9.90. The van der Waals surface area contributed by atoms with E-state index in [1.807, 2.05) is 20.8 Å². The van der Waals surface area contributed by atoms with Gasteiger partial charge in [0.15, 0.2) is 0 Å². The molecular weight excluding hydrogens is 185 g/mol. The van der Waals surface area contributed by atoms with Gasteiger partial charge >= 0.3 is 0 Å². The third-order valence-corrected chi connectivity index (χ3v) is 2.23. The fourth-order valence-electron chi connectivity index (χ4n) is 1.25. The van der Waals surface area contributed by atoms with Crippen LogP contribution < -0.4 is 10.9 Å². The van der Waals surface area contributed by atoms with Crippen molar-refractivity contribution >= 4 is 13.3 Å². The molecular formula is C12H20BNO. The van der Waals surface area contributed by atoms with Gasteiger partial charge in [-0.1, -0.05) is 29.2 Å². The molecule has 1 aromatic rings. The predicted molar refractivity (Wildman–Crippen MR) is 67.0 cm³/mol. The van der Waals surface area contributed by atoms with Crippen LogP contribution in [-0.4, -0.2) is 13.4 Å². The van der Waals surface area contributed by atoms with Gasteiger partial charge in [0.2, 0.25) is 0 Å². The Balaban J connectivity index is 2.48. The van der Waals surface area contributed by atoms with Gasteiger partial charge in [-0.25, -0.2) is 0 Å². The fraction of sp³-hybridized carbons (Fsp3) is 0.500. The van der Waals surface area contributed by atoms with Crippen LogP contribution in [0.1, 0.15) is 31.9 Å². The Morgan fingerprint density at radius 2 is 2.00 bits per heavy atom. The maximum atomic E-state index is 5.45. The molecule has 0 amide bonds. The first-order valence-electron chi connectivity index (χ1n) is 5.35. The summed E-state index contributed by atoms with van der Waals surface area (Å²) in [6.45, 7) is 8.96. The summed E-state index contributed by atoms with van der Waals surface area (Å²) in [6, 6.07) is 6.46. The molecule has 0 heterocycles. The van der Waals surface area contributed by atoms with Crippen LogP contribution in [0.25, 0.3) is 0 Å². The smallest absolute Gasteiger partial charge is 0.139 e. The number of hydrogen-bond acceptors (Lipinski definition) is 2. The number of benzene rings is 1. The van der Waals surface area contributed by atoms with Crippen molar-refractivity contribution in [1.82, 2.24) is 5.48 Å². The number of aryl methyl sites for hydroxylation is 1. The Morgan fingerprint density at radius 1 is 1.33 bits per heavy atom. The maximum absolute atomic E-state index is 5.45. The van der Waals surface area contributed by atoms with Gasteiger partial charge in [-0.3, -0.25) is 4.84 Å². The Hall–Kier alpha value is -0.795. The maximum Gasteiger partial charge on any atom is 0.139 e. The van der Waals surface area contributed by atoms with Gasteiger partial charge in [-0.05, 0) is 33.3 Å². The van der Waals surface area contributed by atoms with Crippen LogP contribution in [0.4, 0.5) is 0 Å². The molecule has 0 spiro atoms. The van der Waals surface area contributed by atoms with Gasteiger partial charge in [0.1, 0.15) is 7.85 Å². The Kier molecular flexibility index (Phi) is 3.94. The zero-order valence-corrected chi connectivity index (χ0v) is 10.3. The summed E-state index contributed by atoms with van der Waals surface area (Å²) in [4.78, 5) is 5.45. The fourth-order valence-corrected chi connectivity index (χ4v) is 1.25. The number of hydroxylamine groups is 1. The van der Waals surface area contributed by atoms with Crippen molar-refractivity contribution in [3.8, 4) is 0 Å². The molecule has 2 nitrogen and oxygen atoms in total. The van der Waals surface area contributed by atoms with Gasteiger partial charge < -0.3 is 0 Å². The average molecular weight is 205 g/mol. The van der Waals surface area contributed by atoms with Crippen molar-refractivity contribution in [3.63, 3.8) is 0 Å². The monoisotopic (exact) mass is 205 g/mol. The second-order valence-corrected chi connectivity index (χ2v) is 4.95. The normalized spacial score (nSPS) is 11.7. The van der Waals surface area contributed by atoms with E-state index >= 15 is 0 Å². The highest BCUT2D eigenvalue weighted by molar-refractivity contribution is 6.33. The summed E-state index contributed by atoms with van der Waals surface area (Å²) >= 11 is 0. The van der Waals surface area contributed by atoms with Gasteiger partial charge in [-0.15, -0.1) is 0 Å². The second kappa shape index (κ2) is 4.82. The lowest BCUT2D eigenvalue weighted by Gasteiger charge is -2.19. The summed E-state index contributed by atoms with van der Waals surface area (Å²) in [5.41, 5.74) is 6.75. The highest BCUT2D eigenvalue weighted by Crippen LogP contribution is 2.05. The van der Waals surface area contributed by atoms with Crippen LogP contribution in [-0.2, 0) is 11.4 Å². The molecule has 1 N–H and O–H groups in total. The molecule has 0 aliphatic rings. The van der Waals surface area contributed by atoms with Gasteiger partial charge in [0, 0.05) is 6.54 Å². The molecule has 0 saturated carbocycles. The quantitative estimate of drug-likeness (QED) is 0.588. The zero-order chi connectivity index (χ0) is 11.5. The van der Waals surface area contributed by atoms with E-state index in [0.717, 1.165) is 6.54 Å². The van der Waals surface area contributed by atoms with E-state index in [9.17, 15) is 0 Å². The molecule has 0 saturated heterocycles. The predicted octanol–water partition coefficient (Wildman–Crippen LogP) is 1.07. The third-order valence-electron chi connectivity index (χ3n) is 2.23. The zero-order valence-electron chi connectivity index (χ0n) is 10.3.